The molecular weight excluding hydrogens is 352 g/mol. The SMILES string of the molecule is Cc1cccc(CN2CCN(c3ncnc4sc5c(c34)CCCC5)CC2)c1. The van der Waals surface area contributed by atoms with E-state index in [1.54, 1.807) is 16.8 Å². The van der Waals surface area contributed by atoms with Crippen LogP contribution in [0.3, 0.4) is 0 Å². The molecule has 0 unspecified atom stereocenters. The number of rotatable bonds is 3. The fourth-order valence-electron chi connectivity index (χ4n) is 4.50. The van der Waals surface area contributed by atoms with Crippen molar-refractivity contribution in [3.63, 3.8) is 0 Å². The van der Waals surface area contributed by atoms with Gasteiger partial charge in [0.25, 0.3) is 0 Å². The predicted molar refractivity (Wildman–Crippen MR) is 113 cm³/mol. The summed E-state index contributed by atoms with van der Waals surface area (Å²) in [6.45, 7) is 7.48. The summed E-state index contributed by atoms with van der Waals surface area (Å²) in [7, 11) is 0. The van der Waals surface area contributed by atoms with E-state index >= 15 is 0 Å². The molecule has 0 amide bonds. The van der Waals surface area contributed by atoms with Gasteiger partial charge in [0.15, 0.2) is 0 Å². The van der Waals surface area contributed by atoms with E-state index in [2.05, 4.69) is 46.0 Å². The molecule has 1 fully saturated rings. The Balaban J connectivity index is 1.34. The summed E-state index contributed by atoms with van der Waals surface area (Å²) >= 11 is 1.89. The second-order valence-corrected chi connectivity index (χ2v) is 8.92. The molecule has 3 aromatic rings. The zero-order valence-electron chi connectivity index (χ0n) is 15.9. The third kappa shape index (κ3) is 3.34. The van der Waals surface area contributed by atoms with Crippen molar-refractivity contribution in [2.75, 3.05) is 31.1 Å². The highest BCUT2D eigenvalue weighted by Crippen LogP contribution is 2.39. The number of thiophene rings is 1. The van der Waals surface area contributed by atoms with Crippen LogP contribution in [0.5, 0.6) is 0 Å². The normalized spacial score (nSPS) is 18.0. The highest BCUT2D eigenvalue weighted by Gasteiger charge is 2.24. The molecule has 1 aliphatic carbocycles. The number of piperazine rings is 1. The first-order valence-corrected chi connectivity index (χ1v) is 10.9. The fraction of sp³-hybridized carbons (Fsp3) is 0.455. The van der Waals surface area contributed by atoms with Crippen LogP contribution in [-0.4, -0.2) is 41.0 Å². The first-order chi connectivity index (χ1) is 13.3. The highest BCUT2D eigenvalue weighted by atomic mass is 32.1. The van der Waals surface area contributed by atoms with Gasteiger partial charge in [0.2, 0.25) is 0 Å². The molecule has 27 heavy (non-hydrogen) atoms. The summed E-state index contributed by atoms with van der Waals surface area (Å²) in [5.74, 6) is 1.18. The van der Waals surface area contributed by atoms with Crippen molar-refractivity contribution < 1.29 is 0 Å². The summed E-state index contributed by atoms with van der Waals surface area (Å²) in [5.41, 5.74) is 4.30. The molecule has 0 atom stereocenters. The Hall–Kier alpha value is -1.98. The molecule has 2 aromatic heterocycles. The molecule has 0 radical (unpaired) electrons. The van der Waals surface area contributed by atoms with E-state index in [0.717, 1.165) is 32.7 Å². The Morgan fingerprint density at radius 2 is 1.89 bits per heavy atom. The summed E-state index contributed by atoms with van der Waals surface area (Å²) < 4.78 is 0. The van der Waals surface area contributed by atoms with Crippen LogP contribution >= 0.6 is 11.3 Å². The molecule has 140 valence electrons. The van der Waals surface area contributed by atoms with Crippen LogP contribution in [0, 0.1) is 6.92 Å². The van der Waals surface area contributed by atoms with Crippen LogP contribution < -0.4 is 4.90 Å². The minimum absolute atomic E-state index is 1.04. The molecule has 5 rings (SSSR count). The number of anilines is 1. The Bertz CT molecular complexity index is 956. The van der Waals surface area contributed by atoms with Gasteiger partial charge in [-0.15, -0.1) is 11.3 Å². The van der Waals surface area contributed by atoms with E-state index < -0.39 is 0 Å². The molecule has 4 nitrogen and oxygen atoms in total. The van der Waals surface area contributed by atoms with Crippen LogP contribution in [0.25, 0.3) is 10.2 Å². The third-order valence-corrected chi connectivity index (χ3v) is 7.09. The monoisotopic (exact) mass is 378 g/mol. The lowest BCUT2D eigenvalue weighted by Crippen LogP contribution is -2.46. The third-order valence-electron chi connectivity index (χ3n) is 5.89. The highest BCUT2D eigenvalue weighted by molar-refractivity contribution is 7.19. The van der Waals surface area contributed by atoms with Crippen molar-refractivity contribution in [1.29, 1.82) is 0 Å². The van der Waals surface area contributed by atoms with E-state index in [9.17, 15) is 0 Å². The minimum Gasteiger partial charge on any atom is -0.353 e. The van der Waals surface area contributed by atoms with Gasteiger partial charge in [0, 0.05) is 37.6 Å². The molecule has 5 heteroatoms. The molecule has 1 aliphatic heterocycles. The maximum Gasteiger partial charge on any atom is 0.141 e. The molecule has 0 saturated carbocycles. The summed E-state index contributed by atoms with van der Waals surface area (Å²) in [6.07, 6.45) is 6.81. The maximum absolute atomic E-state index is 4.73. The van der Waals surface area contributed by atoms with Gasteiger partial charge >= 0.3 is 0 Å². The lowest BCUT2D eigenvalue weighted by Gasteiger charge is -2.35. The molecular formula is C22H26N4S. The van der Waals surface area contributed by atoms with Gasteiger partial charge in [-0.2, -0.15) is 0 Å². The fourth-order valence-corrected chi connectivity index (χ4v) is 5.72. The number of aromatic nitrogens is 2. The summed E-state index contributed by atoms with van der Waals surface area (Å²) in [4.78, 5) is 17.1. The molecule has 3 heterocycles. The van der Waals surface area contributed by atoms with Gasteiger partial charge in [-0.05, 0) is 43.7 Å². The van der Waals surface area contributed by atoms with Crippen LogP contribution in [-0.2, 0) is 19.4 Å². The van der Waals surface area contributed by atoms with Gasteiger partial charge in [0.1, 0.15) is 17.0 Å². The number of nitrogens with zero attached hydrogens (tertiary/aromatic N) is 4. The van der Waals surface area contributed by atoms with Crippen molar-refractivity contribution in [3.05, 3.63) is 52.2 Å². The maximum atomic E-state index is 4.73. The van der Waals surface area contributed by atoms with E-state index in [1.165, 1.54) is 52.8 Å². The number of aryl methyl sites for hydroxylation is 3. The first-order valence-electron chi connectivity index (χ1n) is 10.1. The minimum atomic E-state index is 1.04. The summed E-state index contributed by atoms with van der Waals surface area (Å²) in [6, 6.07) is 8.88. The Morgan fingerprint density at radius 1 is 1.04 bits per heavy atom. The predicted octanol–water partition coefficient (Wildman–Crippen LogP) is 4.20. The first kappa shape index (κ1) is 17.1. The quantitative estimate of drug-likeness (QED) is 0.684. The largest absolute Gasteiger partial charge is 0.353 e. The topological polar surface area (TPSA) is 32.3 Å². The molecule has 0 bridgehead atoms. The average Bonchev–Trinajstić information content (AvgIpc) is 3.07. The Labute approximate surface area is 164 Å². The standard InChI is InChI=1S/C22H26N4S/c1-16-5-4-6-17(13-16)14-25-9-11-26(12-10-25)21-20-18-7-2-3-8-19(18)27-22(20)24-15-23-21/h4-6,13,15H,2-3,7-12,14H2,1H3. The molecule has 0 spiro atoms. The van der Waals surface area contributed by atoms with Crippen molar-refractivity contribution in [2.45, 2.75) is 39.2 Å². The molecule has 1 saturated heterocycles. The van der Waals surface area contributed by atoms with Crippen molar-refractivity contribution in [3.8, 4) is 0 Å². The van der Waals surface area contributed by atoms with E-state index in [4.69, 9.17) is 4.98 Å². The average molecular weight is 379 g/mol. The van der Waals surface area contributed by atoms with Gasteiger partial charge < -0.3 is 4.90 Å². The second kappa shape index (κ2) is 7.21. The zero-order valence-corrected chi connectivity index (χ0v) is 16.8. The van der Waals surface area contributed by atoms with Gasteiger partial charge in [0.05, 0.1) is 5.39 Å². The van der Waals surface area contributed by atoms with Crippen LogP contribution in [0.4, 0.5) is 5.82 Å². The van der Waals surface area contributed by atoms with Gasteiger partial charge in [-0.1, -0.05) is 29.8 Å². The molecule has 0 N–H and O–H groups in total. The number of fused-ring (bicyclic) bond motifs is 3. The van der Waals surface area contributed by atoms with Crippen molar-refractivity contribution >= 4 is 27.4 Å². The molecule has 1 aromatic carbocycles. The van der Waals surface area contributed by atoms with Crippen molar-refractivity contribution in [2.24, 2.45) is 0 Å². The lowest BCUT2D eigenvalue weighted by atomic mass is 9.97. The van der Waals surface area contributed by atoms with Gasteiger partial charge in [-0.25, -0.2) is 9.97 Å². The van der Waals surface area contributed by atoms with Crippen LogP contribution in [0.1, 0.15) is 34.4 Å². The smallest absolute Gasteiger partial charge is 0.141 e. The van der Waals surface area contributed by atoms with Crippen LogP contribution in [0.15, 0.2) is 30.6 Å². The second-order valence-electron chi connectivity index (χ2n) is 7.84. The zero-order chi connectivity index (χ0) is 18.2. The number of benzene rings is 1. The van der Waals surface area contributed by atoms with Crippen molar-refractivity contribution in [1.82, 2.24) is 14.9 Å². The van der Waals surface area contributed by atoms with E-state index in [-0.39, 0.29) is 0 Å². The number of hydrogen-bond donors (Lipinski definition) is 0. The molecule has 2 aliphatic rings. The number of hydrogen-bond acceptors (Lipinski definition) is 5. The lowest BCUT2D eigenvalue weighted by molar-refractivity contribution is 0.249. The Kier molecular flexibility index (Phi) is 4.58. The van der Waals surface area contributed by atoms with E-state index in [0.29, 0.717) is 0 Å². The van der Waals surface area contributed by atoms with E-state index in [1.807, 2.05) is 11.3 Å². The summed E-state index contributed by atoms with van der Waals surface area (Å²) in [5, 5.41) is 1.35. The van der Waals surface area contributed by atoms with Crippen LogP contribution in [0.2, 0.25) is 0 Å². The van der Waals surface area contributed by atoms with Gasteiger partial charge in [-0.3, -0.25) is 4.90 Å². The Morgan fingerprint density at radius 3 is 2.74 bits per heavy atom.